The van der Waals surface area contributed by atoms with Crippen LogP contribution in [-0.2, 0) is 16.1 Å². The molecule has 1 aromatic heterocycles. The van der Waals surface area contributed by atoms with Crippen molar-refractivity contribution in [3.8, 4) is 0 Å². The molecule has 1 atom stereocenters. The number of carbonyl (C=O) groups is 1. The van der Waals surface area contributed by atoms with Gasteiger partial charge in [-0.1, -0.05) is 29.3 Å². The number of anilines is 1. The standard InChI is InChI=1S/C17H17Cl2N3O2/c18-13-6-5-12(14(19)10-13)11-24-16(23)15-4-1-2-9-22(15)17-20-7-3-8-21-17/h3,5-8,10,15H,1-2,4,9,11H2. The maximum atomic E-state index is 12.5. The second-order valence-corrected chi connectivity index (χ2v) is 6.44. The van der Waals surface area contributed by atoms with Crippen LogP contribution in [0.25, 0.3) is 0 Å². The smallest absolute Gasteiger partial charge is 0.329 e. The number of piperidine rings is 1. The third kappa shape index (κ3) is 3.97. The molecule has 0 saturated carbocycles. The Morgan fingerprint density at radius 1 is 1.25 bits per heavy atom. The molecule has 5 nitrogen and oxygen atoms in total. The lowest BCUT2D eigenvalue weighted by Gasteiger charge is -2.33. The van der Waals surface area contributed by atoms with Crippen molar-refractivity contribution >= 4 is 35.1 Å². The normalized spacial score (nSPS) is 17.6. The number of nitrogens with zero attached hydrogens (tertiary/aromatic N) is 3. The van der Waals surface area contributed by atoms with Gasteiger partial charge in [0, 0.05) is 34.5 Å². The van der Waals surface area contributed by atoms with Crippen molar-refractivity contribution in [3.05, 3.63) is 52.3 Å². The van der Waals surface area contributed by atoms with E-state index in [1.54, 1.807) is 36.7 Å². The number of benzene rings is 1. The van der Waals surface area contributed by atoms with Crippen LogP contribution >= 0.6 is 23.2 Å². The SMILES string of the molecule is O=C(OCc1ccc(Cl)cc1Cl)C1CCCCN1c1ncccn1. The van der Waals surface area contributed by atoms with Gasteiger partial charge in [0.25, 0.3) is 0 Å². The monoisotopic (exact) mass is 365 g/mol. The molecule has 1 aromatic carbocycles. The number of hydrogen-bond donors (Lipinski definition) is 0. The third-order valence-electron chi connectivity index (χ3n) is 3.97. The van der Waals surface area contributed by atoms with Crippen molar-refractivity contribution in [2.24, 2.45) is 0 Å². The summed E-state index contributed by atoms with van der Waals surface area (Å²) in [5.74, 6) is 0.275. The van der Waals surface area contributed by atoms with Gasteiger partial charge in [-0.05, 0) is 37.5 Å². The van der Waals surface area contributed by atoms with Crippen molar-refractivity contribution < 1.29 is 9.53 Å². The fourth-order valence-corrected chi connectivity index (χ4v) is 3.20. The highest BCUT2D eigenvalue weighted by Crippen LogP contribution is 2.24. The van der Waals surface area contributed by atoms with Gasteiger partial charge >= 0.3 is 5.97 Å². The minimum Gasteiger partial charge on any atom is -0.459 e. The first-order chi connectivity index (χ1) is 11.6. The summed E-state index contributed by atoms with van der Waals surface area (Å²) in [4.78, 5) is 23.0. The summed E-state index contributed by atoms with van der Waals surface area (Å²) >= 11 is 12.0. The van der Waals surface area contributed by atoms with E-state index in [-0.39, 0.29) is 18.6 Å². The van der Waals surface area contributed by atoms with Crippen molar-refractivity contribution in [3.63, 3.8) is 0 Å². The van der Waals surface area contributed by atoms with Gasteiger partial charge in [0.05, 0.1) is 0 Å². The zero-order valence-corrected chi connectivity index (χ0v) is 14.5. The number of carbonyl (C=O) groups excluding carboxylic acids is 1. The van der Waals surface area contributed by atoms with E-state index in [4.69, 9.17) is 27.9 Å². The van der Waals surface area contributed by atoms with Crippen LogP contribution in [0.2, 0.25) is 10.0 Å². The van der Waals surface area contributed by atoms with Crippen LogP contribution in [0.1, 0.15) is 24.8 Å². The highest BCUT2D eigenvalue weighted by atomic mass is 35.5. The number of aromatic nitrogens is 2. The lowest BCUT2D eigenvalue weighted by atomic mass is 10.0. The van der Waals surface area contributed by atoms with Gasteiger partial charge in [-0.2, -0.15) is 0 Å². The average molecular weight is 366 g/mol. The highest BCUT2D eigenvalue weighted by molar-refractivity contribution is 6.35. The molecule has 1 aliphatic rings. The Balaban J connectivity index is 1.68. The maximum Gasteiger partial charge on any atom is 0.329 e. The van der Waals surface area contributed by atoms with Gasteiger partial charge in [-0.25, -0.2) is 14.8 Å². The van der Waals surface area contributed by atoms with Gasteiger partial charge in [-0.3, -0.25) is 0 Å². The van der Waals surface area contributed by atoms with Crippen molar-refractivity contribution in [1.82, 2.24) is 9.97 Å². The first kappa shape index (κ1) is 17.0. The first-order valence-corrected chi connectivity index (χ1v) is 8.55. The molecule has 0 bridgehead atoms. The van der Waals surface area contributed by atoms with E-state index in [1.807, 2.05) is 4.90 Å². The molecular weight excluding hydrogens is 349 g/mol. The molecule has 2 heterocycles. The summed E-state index contributed by atoms with van der Waals surface area (Å²) in [7, 11) is 0. The van der Waals surface area contributed by atoms with Crippen LogP contribution < -0.4 is 4.90 Å². The molecule has 0 spiro atoms. The van der Waals surface area contributed by atoms with Gasteiger partial charge in [0.2, 0.25) is 5.95 Å². The van der Waals surface area contributed by atoms with Crippen LogP contribution in [0.4, 0.5) is 5.95 Å². The quantitative estimate of drug-likeness (QED) is 0.769. The molecule has 0 amide bonds. The van der Waals surface area contributed by atoms with Gasteiger partial charge in [0.15, 0.2) is 0 Å². The molecule has 7 heteroatoms. The summed E-state index contributed by atoms with van der Waals surface area (Å²) in [5, 5.41) is 1.04. The van der Waals surface area contributed by atoms with E-state index in [0.29, 0.717) is 16.0 Å². The van der Waals surface area contributed by atoms with E-state index in [9.17, 15) is 4.79 Å². The minimum atomic E-state index is -0.368. The summed E-state index contributed by atoms with van der Waals surface area (Å²) in [6.45, 7) is 0.861. The minimum absolute atomic E-state index is 0.120. The van der Waals surface area contributed by atoms with Crippen LogP contribution in [-0.4, -0.2) is 28.5 Å². The van der Waals surface area contributed by atoms with E-state index in [1.165, 1.54) is 0 Å². The summed E-state index contributed by atoms with van der Waals surface area (Å²) in [6.07, 6.45) is 6.06. The Kier molecular flexibility index (Phi) is 5.53. The Hall–Kier alpha value is -1.85. The molecular formula is C17H17Cl2N3O2. The van der Waals surface area contributed by atoms with Crippen LogP contribution in [0, 0.1) is 0 Å². The van der Waals surface area contributed by atoms with Crippen molar-refractivity contribution in [2.45, 2.75) is 31.9 Å². The van der Waals surface area contributed by atoms with Gasteiger partial charge in [0.1, 0.15) is 12.6 Å². The van der Waals surface area contributed by atoms with Crippen LogP contribution in [0.15, 0.2) is 36.7 Å². The maximum absolute atomic E-state index is 12.5. The van der Waals surface area contributed by atoms with Crippen LogP contribution in [0.5, 0.6) is 0 Å². The molecule has 0 radical (unpaired) electrons. The molecule has 3 rings (SSSR count). The molecule has 24 heavy (non-hydrogen) atoms. The fourth-order valence-electron chi connectivity index (χ4n) is 2.74. The van der Waals surface area contributed by atoms with E-state index in [0.717, 1.165) is 31.4 Å². The largest absolute Gasteiger partial charge is 0.459 e. The molecule has 1 aliphatic heterocycles. The summed E-state index contributed by atoms with van der Waals surface area (Å²) in [5.41, 5.74) is 0.729. The number of ether oxygens (including phenoxy) is 1. The Morgan fingerprint density at radius 3 is 2.79 bits per heavy atom. The topological polar surface area (TPSA) is 55.3 Å². The van der Waals surface area contributed by atoms with Gasteiger partial charge < -0.3 is 9.64 Å². The zero-order valence-electron chi connectivity index (χ0n) is 13.0. The second-order valence-electron chi connectivity index (χ2n) is 5.60. The highest BCUT2D eigenvalue weighted by Gasteiger charge is 2.31. The predicted molar refractivity (Wildman–Crippen MR) is 93.3 cm³/mol. The third-order valence-corrected chi connectivity index (χ3v) is 4.56. The molecule has 0 aliphatic carbocycles. The average Bonchev–Trinajstić information content (AvgIpc) is 2.61. The zero-order chi connectivity index (χ0) is 16.9. The first-order valence-electron chi connectivity index (χ1n) is 7.79. The van der Waals surface area contributed by atoms with Crippen LogP contribution in [0.3, 0.4) is 0 Å². The summed E-state index contributed by atoms with van der Waals surface area (Å²) < 4.78 is 5.48. The molecule has 1 saturated heterocycles. The molecule has 2 aromatic rings. The van der Waals surface area contributed by atoms with E-state index < -0.39 is 0 Å². The second kappa shape index (κ2) is 7.81. The molecule has 126 valence electrons. The Bertz CT molecular complexity index is 712. The lowest BCUT2D eigenvalue weighted by Crippen LogP contribution is -2.46. The molecule has 1 fully saturated rings. The fraction of sp³-hybridized carbons (Fsp3) is 0.353. The van der Waals surface area contributed by atoms with Gasteiger partial charge in [-0.15, -0.1) is 0 Å². The summed E-state index contributed by atoms with van der Waals surface area (Å²) in [6, 6.07) is 6.51. The predicted octanol–water partition coefficient (Wildman–Crippen LogP) is 3.89. The number of halogens is 2. The number of rotatable bonds is 4. The van der Waals surface area contributed by atoms with E-state index in [2.05, 4.69) is 9.97 Å². The van der Waals surface area contributed by atoms with Crippen molar-refractivity contribution in [1.29, 1.82) is 0 Å². The van der Waals surface area contributed by atoms with Crippen molar-refractivity contribution in [2.75, 3.05) is 11.4 Å². The Labute approximate surface area is 150 Å². The number of esters is 1. The molecule has 1 unspecified atom stereocenters. The molecule has 0 N–H and O–H groups in total. The number of hydrogen-bond acceptors (Lipinski definition) is 5. The Morgan fingerprint density at radius 2 is 2.04 bits per heavy atom. The van der Waals surface area contributed by atoms with E-state index >= 15 is 0 Å². The lowest BCUT2D eigenvalue weighted by molar-refractivity contribution is -0.147.